The Morgan fingerprint density at radius 1 is 1.04 bits per heavy atom. The first kappa shape index (κ1) is 16.8. The smallest absolute Gasteiger partial charge is 0.294 e. The van der Waals surface area contributed by atoms with Crippen molar-refractivity contribution in [2.24, 2.45) is 5.73 Å². The average Bonchev–Trinajstić information content (AvgIpc) is 2.85. The van der Waals surface area contributed by atoms with Gasteiger partial charge in [-0.2, -0.15) is 0 Å². The molecule has 1 fully saturated rings. The number of benzene rings is 2. The summed E-state index contributed by atoms with van der Waals surface area (Å²) in [6.07, 6.45) is 1.60. The fourth-order valence-corrected chi connectivity index (χ4v) is 3.04. The number of hydrogen-bond acceptors (Lipinski definition) is 5. The molecule has 2 N–H and O–H groups in total. The van der Waals surface area contributed by atoms with Crippen LogP contribution >= 0.6 is 11.8 Å². The van der Waals surface area contributed by atoms with Crippen molar-refractivity contribution >= 4 is 34.9 Å². The normalized spacial score (nSPS) is 15.7. The van der Waals surface area contributed by atoms with E-state index in [2.05, 4.69) is 0 Å². The summed E-state index contributed by atoms with van der Waals surface area (Å²) in [5, 5.41) is -0.501. The fourth-order valence-electron chi connectivity index (χ4n) is 2.20. The zero-order valence-electron chi connectivity index (χ0n) is 13.0. The number of amides is 3. The monoisotopic (exact) mass is 354 g/mol. The molecule has 1 aliphatic heterocycles. The van der Waals surface area contributed by atoms with Crippen LogP contribution in [0, 0.1) is 0 Å². The molecule has 0 aliphatic carbocycles. The molecule has 25 heavy (non-hydrogen) atoms. The number of carbonyl (C=O) groups excluding carboxylic acids is 3. The minimum absolute atomic E-state index is 0.253. The Morgan fingerprint density at radius 2 is 1.68 bits per heavy atom. The second-order valence-corrected chi connectivity index (χ2v) is 6.21. The first-order chi connectivity index (χ1) is 12.0. The van der Waals surface area contributed by atoms with Crippen LogP contribution in [0.15, 0.2) is 59.5 Å². The van der Waals surface area contributed by atoms with Crippen molar-refractivity contribution in [3.05, 3.63) is 65.1 Å². The highest BCUT2D eigenvalue weighted by molar-refractivity contribution is 8.18. The maximum absolute atomic E-state index is 12.1. The number of hydrogen-bond donors (Lipinski definition) is 1. The summed E-state index contributed by atoms with van der Waals surface area (Å²) in [5.74, 6) is 0.136. The number of rotatable bonds is 5. The zero-order valence-corrected chi connectivity index (χ0v) is 13.9. The van der Waals surface area contributed by atoms with Gasteiger partial charge in [0.2, 0.25) is 5.91 Å². The van der Waals surface area contributed by atoms with Gasteiger partial charge in [0.1, 0.15) is 18.0 Å². The van der Waals surface area contributed by atoms with Crippen LogP contribution in [0.2, 0.25) is 0 Å². The van der Waals surface area contributed by atoms with Gasteiger partial charge >= 0.3 is 0 Å². The van der Waals surface area contributed by atoms with E-state index in [1.54, 1.807) is 30.3 Å². The van der Waals surface area contributed by atoms with E-state index >= 15 is 0 Å². The minimum atomic E-state index is -0.731. The van der Waals surface area contributed by atoms with Gasteiger partial charge < -0.3 is 10.5 Å². The van der Waals surface area contributed by atoms with Crippen molar-refractivity contribution in [2.75, 3.05) is 6.54 Å². The van der Waals surface area contributed by atoms with Crippen molar-refractivity contribution < 1.29 is 19.1 Å². The van der Waals surface area contributed by atoms with E-state index in [0.717, 1.165) is 28.0 Å². The van der Waals surface area contributed by atoms with E-state index in [4.69, 9.17) is 10.5 Å². The lowest BCUT2D eigenvalue weighted by Gasteiger charge is -2.08. The topological polar surface area (TPSA) is 89.7 Å². The fraction of sp³-hybridized carbons (Fsp3) is 0.0556. The number of primary amides is 1. The molecule has 2 aromatic rings. The van der Waals surface area contributed by atoms with Crippen LogP contribution in [0.5, 0.6) is 11.5 Å². The summed E-state index contributed by atoms with van der Waals surface area (Å²) < 4.78 is 5.70. The maximum atomic E-state index is 12.1. The summed E-state index contributed by atoms with van der Waals surface area (Å²) in [4.78, 5) is 35.9. The van der Waals surface area contributed by atoms with Gasteiger partial charge in [0.15, 0.2) is 0 Å². The van der Waals surface area contributed by atoms with Crippen molar-refractivity contribution in [1.82, 2.24) is 4.90 Å². The molecule has 0 saturated carbocycles. The quantitative estimate of drug-likeness (QED) is 0.834. The summed E-state index contributed by atoms with van der Waals surface area (Å²) in [5.41, 5.74) is 5.79. The van der Waals surface area contributed by atoms with Crippen LogP contribution < -0.4 is 10.5 Å². The number of imide groups is 1. The summed E-state index contributed by atoms with van der Waals surface area (Å²) in [6.45, 7) is -0.411. The van der Waals surface area contributed by atoms with Gasteiger partial charge in [0.25, 0.3) is 11.1 Å². The third kappa shape index (κ3) is 4.07. The number of para-hydroxylation sites is 1. The van der Waals surface area contributed by atoms with Crippen molar-refractivity contribution in [1.29, 1.82) is 0 Å². The Balaban J connectivity index is 1.72. The highest BCUT2D eigenvalue weighted by atomic mass is 32.2. The molecular weight excluding hydrogens is 340 g/mol. The Kier molecular flexibility index (Phi) is 4.85. The second-order valence-electron chi connectivity index (χ2n) is 5.22. The summed E-state index contributed by atoms with van der Waals surface area (Å²) in [7, 11) is 0. The Morgan fingerprint density at radius 3 is 2.32 bits per heavy atom. The van der Waals surface area contributed by atoms with Crippen molar-refractivity contribution in [3.63, 3.8) is 0 Å². The molecule has 0 radical (unpaired) electrons. The standard InChI is InChI=1S/C18H14N2O4S/c19-16(21)11-20-17(22)15(25-18(20)23)10-12-6-8-14(9-7-12)24-13-4-2-1-3-5-13/h1-10H,11H2,(H2,19,21)/b15-10-. The third-order valence-corrected chi connectivity index (χ3v) is 4.25. The van der Waals surface area contributed by atoms with Crippen LogP contribution in [0.1, 0.15) is 5.56 Å². The summed E-state index contributed by atoms with van der Waals surface area (Å²) >= 11 is 0.785. The van der Waals surface area contributed by atoms with E-state index < -0.39 is 23.6 Å². The van der Waals surface area contributed by atoms with Crippen LogP contribution in [-0.2, 0) is 9.59 Å². The molecule has 3 rings (SSSR count). The third-order valence-electron chi connectivity index (χ3n) is 3.34. The van der Waals surface area contributed by atoms with E-state index in [1.165, 1.54) is 0 Å². The average molecular weight is 354 g/mol. The van der Waals surface area contributed by atoms with Gasteiger partial charge in [-0.05, 0) is 47.7 Å². The molecule has 1 aliphatic rings. The summed E-state index contributed by atoms with van der Waals surface area (Å²) in [6, 6.07) is 16.5. The molecule has 0 atom stereocenters. The van der Waals surface area contributed by atoms with Gasteiger partial charge in [-0.3, -0.25) is 19.3 Å². The molecule has 6 nitrogen and oxygen atoms in total. The lowest BCUT2D eigenvalue weighted by molar-refractivity contribution is -0.127. The highest BCUT2D eigenvalue weighted by Crippen LogP contribution is 2.32. The van der Waals surface area contributed by atoms with E-state index in [-0.39, 0.29) is 4.91 Å². The molecule has 1 heterocycles. The predicted molar refractivity (Wildman–Crippen MR) is 94.8 cm³/mol. The van der Waals surface area contributed by atoms with Crippen LogP contribution in [-0.4, -0.2) is 28.5 Å². The molecule has 2 aromatic carbocycles. The second kappa shape index (κ2) is 7.23. The molecule has 1 saturated heterocycles. The first-order valence-electron chi connectivity index (χ1n) is 7.39. The lowest BCUT2D eigenvalue weighted by atomic mass is 10.2. The lowest BCUT2D eigenvalue weighted by Crippen LogP contribution is -2.36. The molecule has 0 bridgehead atoms. The van der Waals surface area contributed by atoms with Crippen LogP contribution in [0.25, 0.3) is 6.08 Å². The first-order valence-corrected chi connectivity index (χ1v) is 8.21. The van der Waals surface area contributed by atoms with Crippen LogP contribution in [0.3, 0.4) is 0 Å². The number of ether oxygens (including phenoxy) is 1. The van der Waals surface area contributed by atoms with Crippen molar-refractivity contribution in [3.8, 4) is 11.5 Å². The van der Waals surface area contributed by atoms with E-state index in [9.17, 15) is 14.4 Å². The Bertz CT molecular complexity index is 847. The number of thioether (sulfide) groups is 1. The maximum Gasteiger partial charge on any atom is 0.294 e. The number of nitrogens with two attached hydrogens (primary N) is 1. The van der Waals surface area contributed by atoms with Gasteiger partial charge in [-0.1, -0.05) is 30.3 Å². The van der Waals surface area contributed by atoms with Gasteiger partial charge in [0.05, 0.1) is 4.91 Å². The largest absolute Gasteiger partial charge is 0.457 e. The van der Waals surface area contributed by atoms with Gasteiger partial charge in [-0.15, -0.1) is 0 Å². The Labute approximate surface area is 148 Å². The van der Waals surface area contributed by atoms with Gasteiger partial charge in [0, 0.05) is 0 Å². The SMILES string of the molecule is NC(=O)CN1C(=O)S/C(=C\c2ccc(Oc3ccccc3)cc2)C1=O. The molecule has 0 aromatic heterocycles. The Hall–Kier alpha value is -3.06. The predicted octanol–water partition coefficient (Wildman–Crippen LogP) is 3.00. The molecule has 7 heteroatoms. The van der Waals surface area contributed by atoms with Gasteiger partial charge in [-0.25, -0.2) is 0 Å². The number of carbonyl (C=O) groups is 3. The molecule has 3 amide bonds. The minimum Gasteiger partial charge on any atom is -0.457 e. The van der Waals surface area contributed by atoms with E-state index in [1.807, 2.05) is 30.3 Å². The van der Waals surface area contributed by atoms with Crippen LogP contribution in [0.4, 0.5) is 4.79 Å². The molecule has 0 spiro atoms. The molecule has 0 unspecified atom stereocenters. The highest BCUT2D eigenvalue weighted by Gasteiger charge is 2.35. The zero-order chi connectivity index (χ0) is 17.8. The molecular formula is C18H14N2O4S. The van der Waals surface area contributed by atoms with Crippen molar-refractivity contribution in [2.45, 2.75) is 0 Å². The number of nitrogens with zero attached hydrogens (tertiary/aromatic N) is 1. The van der Waals surface area contributed by atoms with E-state index in [0.29, 0.717) is 5.75 Å². The molecule has 126 valence electrons.